The van der Waals surface area contributed by atoms with E-state index in [1.807, 2.05) is 12.1 Å². The Morgan fingerprint density at radius 2 is 2.30 bits per heavy atom. The normalized spacial score (nSPS) is 14.2. The van der Waals surface area contributed by atoms with Gasteiger partial charge in [-0.05, 0) is 30.7 Å². The summed E-state index contributed by atoms with van der Waals surface area (Å²) in [7, 11) is 1.57. The number of nitrogens with two attached hydrogens (primary N) is 1. The van der Waals surface area contributed by atoms with Crippen LogP contribution in [0.25, 0.3) is 6.08 Å². The Morgan fingerprint density at radius 1 is 1.55 bits per heavy atom. The predicted octanol–water partition coefficient (Wildman–Crippen LogP) is 1.19. The number of anilines is 1. The summed E-state index contributed by atoms with van der Waals surface area (Å²) in [5, 5.41) is 12.6. The van der Waals surface area contributed by atoms with Crippen molar-refractivity contribution in [3.8, 4) is 0 Å². The molecule has 4 N–H and O–H groups in total. The van der Waals surface area contributed by atoms with Crippen molar-refractivity contribution in [3.63, 3.8) is 0 Å². The van der Waals surface area contributed by atoms with Crippen LogP contribution in [0.5, 0.6) is 0 Å². The molecule has 110 valence electrons. The average molecular weight is 278 g/mol. The van der Waals surface area contributed by atoms with E-state index >= 15 is 0 Å². The minimum absolute atomic E-state index is 0.177. The number of amides is 1. The van der Waals surface area contributed by atoms with Gasteiger partial charge in [-0.2, -0.15) is 0 Å². The van der Waals surface area contributed by atoms with E-state index in [0.717, 1.165) is 5.56 Å². The SMILES string of the molecule is COCCC(C)(O)CNC(=O)/C=C/c1cccc(N)c1. The molecule has 5 heteroatoms. The Kier molecular flexibility index (Phi) is 6.21. The highest BCUT2D eigenvalue weighted by Gasteiger charge is 2.20. The van der Waals surface area contributed by atoms with Crippen molar-refractivity contribution in [3.05, 3.63) is 35.9 Å². The zero-order valence-corrected chi connectivity index (χ0v) is 11.9. The Bertz CT molecular complexity index is 470. The molecule has 0 aliphatic carbocycles. The van der Waals surface area contributed by atoms with Crippen LogP contribution in [-0.4, -0.2) is 36.9 Å². The van der Waals surface area contributed by atoms with Crippen LogP contribution < -0.4 is 11.1 Å². The predicted molar refractivity (Wildman–Crippen MR) is 80.0 cm³/mol. The lowest BCUT2D eigenvalue weighted by atomic mass is 10.0. The molecule has 0 heterocycles. The van der Waals surface area contributed by atoms with E-state index in [4.69, 9.17) is 10.5 Å². The summed E-state index contributed by atoms with van der Waals surface area (Å²) in [5.74, 6) is -0.259. The van der Waals surface area contributed by atoms with Gasteiger partial charge in [0.15, 0.2) is 0 Å². The van der Waals surface area contributed by atoms with Gasteiger partial charge in [-0.15, -0.1) is 0 Å². The molecule has 1 unspecified atom stereocenters. The number of carbonyl (C=O) groups excluding carboxylic acids is 1. The second-order valence-corrected chi connectivity index (χ2v) is 4.96. The summed E-state index contributed by atoms with van der Waals surface area (Å²) in [6, 6.07) is 7.24. The van der Waals surface area contributed by atoms with Crippen molar-refractivity contribution >= 4 is 17.7 Å². The van der Waals surface area contributed by atoms with Crippen molar-refractivity contribution < 1.29 is 14.6 Å². The number of hydrogen-bond acceptors (Lipinski definition) is 4. The first-order valence-corrected chi connectivity index (χ1v) is 6.46. The van der Waals surface area contributed by atoms with Gasteiger partial charge in [0.1, 0.15) is 0 Å². The molecule has 1 aromatic carbocycles. The first-order chi connectivity index (χ1) is 9.43. The zero-order valence-electron chi connectivity index (χ0n) is 11.9. The maximum absolute atomic E-state index is 11.7. The lowest BCUT2D eigenvalue weighted by Gasteiger charge is -2.22. The third-order valence-electron chi connectivity index (χ3n) is 2.83. The van der Waals surface area contributed by atoms with E-state index in [1.54, 1.807) is 32.2 Å². The van der Waals surface area contributed by atoms with Gasteiger partial charge in [0.25, 0.3) is 0 Å². The summed E-state index contributed by atoms with van der Waals surface area (Å²) in [6.45, 7) is 2.28. The van der Waals surface area contributed by atoms with E-state index in [2.05, 4.69) is 5.32 Å². The molecule has 1 atom stereocenters. The van der Waals surface area contributed by atoms with Gasteiger partial charge in [-0.3, -0.25) is 4.79 Å². The molecule has 20 heavy (non-hydrogen) atoms. The lowest BCUT2D eigenvalue weighted by Crippen LogP contribution is -2.40. The van der Waals surface area contributed by atoms with Crippen LogP contribution in [0, 0.1) is 0 Å². The first kappa shape index (κ1) is 16.2. The fourth-order valence-corrected chi connectivity index (χ4v) is 1.58. The summed E-state index contributed by atoms with van der Waals surface area (Å²) in [6.07, 6.45) is 3.56. The minimum atomic E-state index is -0.976. The highest BCUT2D eigenvalue weighted by molar-refractivity contribution is 5.91. The van der Waals surface area contributed by atoms with Crippen LogP contribution in [0.3, 0.4) is 0 Å². The van der Waals surface area contributed by atoms with Gasteiger partial charge < -0.3 is 20.9 Å². The topological polar surface area (TPSA) is 84.6 Å². The summed E-state index contributed by atoms with van der Waals surface area (Å²) in [5.41, 5.74) is 6.17. The number of aliphatic hydroxyl groups is 1. The Labute approximate surface area is 119 Å². The van der Waals surface area contributed by atoms with Crippen molar-refractivity contribution in [2.45, 2.75) is 18.9 Å². The monoisotopic (exact) mass is 278 g/mol. The van der Waals surface area contributed by atoms with Gasteiger partial charge in [0, 0.05) is 38.4 Å². The molecule has 0 spiro atoms. The smallest absolute Gasteiger partial charge is 0.244 e. The van der Waals surface area contributed by atoms with E-state index in [0.29, 0.717) is 18.7 Å². The van der Waals surface area contributed by atoms with Crippen LogP contribution in [0.15, 0.2) is 30.3 Å². The largest absolute Gasteiger partial charge is 0.399 e. The Hall–Kier alpha value is -1.85. The van der Waals surface area contributed by atoms with Gasteiger partial charge in [-0.1, -0.05) is 12.1 Å². The second-order valence-electron chi connectivity index (χ2n) is 4.96. The number of rotatable bonds is 7. The molecule has 1 amide bonds. The van der Waals surface area contributed by atoms with Crippen LogP contribution >= 0.6 is 0 Å². The summed E-state index contributed by atoms with van der Waals surface area (Å²) >= 11 is 0. The number of carbonyl (C=O) groups is 1. The van der Waals surface area contributed by atoms with Gasteiger partial charge in [-0.25, -0.2) is 0 Å². The quantitative estimate of drug-likeness (QED) is 0.516. The van der Waals surface area contributed by atoms with Gasteiger partial charge in [0.05, 0.1) is 5.60 Å². The number of methoxy groups -OCH3 is 1. The molecule has 5 nitrogen and oxygen atoms in total. The van der Waals surface area contributed by atoms with E-state index in [1.165, 1.54) is 6.08 Å². The van der Waals surface area contributed by atoms with Crippen LogP contribution in [0.4, 0.5) is 5.69 Å². The first-order valence-electron chi connectivity index (χ1n) is 6.46. The second kappa shape index (κ2) is 7.67. The average Bonchev–Trinajstić information content (AvgIpc) is 2.41. The van der Waals surface area contributed by atoms with Crippen LogP contribution in [0.1, 0.15) is 18.9 Å². The number of ether oxygens (including phenoxy) is 1. The molecule has 1 rings (SSSR count). The van der Waals surface area contributed by atoms with Gasteiger partial charge >= 0.3 is 0 Å². The standard InChI is InChI=1S/C15H22N2O3/c1-15(19,8-9-20-2)11-17-14(18)7-6-12-4-3-5-13(16)10-12/h3-7,10,19H,8-9,11,16H2,1-2H3,(H,17,18)/b7-6+. The van der Waals surface area contributed by atoms with E-state index in [9.17, 15) is 9.90 Å². The Balaban J connectivity index is 2.44. The fourth-order valence-electron chi connectivity index (χ4n) is 1.58. The third kappa shape index (κ3) is 6.36. The molecule has 0 aliphatic heterocycles. The fraction of sp³-hybridized carbons (Fsp3) is 0.400. The molecule has 0 fully saturated rings. The molecular weight excluding hydrogens is 256 g/mol. The van der Waals surface area contributed by atoms with Crippen LogP contribution in [0.2, 0.25) is 0 Å². The maximum atomic E-state index is 11.7. The highest BCUT2D eigenvalue weighted by atomic mass is 16.5. The summed E-state index contributed by atoms with van der Waals surface area (Å²) < 4.78 is 4.90. The molecule has 0 bridgehead atoms. The number of nitrogen functional groups attached to an aromatic ring is 1. The summed E-state index contributed by atoms with van der Waals surface area (Å²) in [4.78, 5) is 11.7. The number of nitrogens with one attached hydrogen (secondary N) is 1. The zero-order chi connectivity index (χ0) is 15.0. The minimum Gasteiger partial charge on any atom is -0.399 e. The highest BCUT2D eigenvalue weighted by Crippen LogP contribution is 2.09. The molecular formula is C15H22N2O3. The molecule has 0 aromatic heterocycles. The Morgan fingerprint density at radius 3 is 2.95 bits per heavy atom. The third-order valence-corrected chi connectivity index (χ3v) is 2.83. The number of hydrogen-bond donors (Lipinski definition) is 3. The van der Waals surface area contributed by atoms with E-state index in [-0.39, 0.29) is 12.5 Å². The van der Waals surface area contributed by atoms with Crippen molar-refractivity contribution in [1.29, 1.82) is 0 Å². The molecule has 0 saturated heterocycles. The molecule has 1 aromatic rings. The lowest BCUT2D eigenvalue weighted by molar-refractivity contribution is -0.117. The molecule has 0 radical (unpaired) electrons. The van der Waals surface area contributed by atoms with Crippen molar-refractivity contribution in [2.75, 3.05) is 26.0 Å². The van der Waals surface area contributed by atoms with Gasteiger partial charge in [0.2, 0.25) is 5.91 Å². The maximum Gasteiger partial charge on any atom is 0.244 e. The van der Waals surface area contributed by atoms with E-state index < -0.39 is 5.60 Å². The number of benzene rings is 1. The van der Waals surface area contributed by atoms with Crippen molar-refractivity contribution in [2.24, 2.45) is 0 Å². The van der Waals surface area contributed by atoms with Crippen LogP contribution in [-0.2, 0) is 9.53 Å². The molecule has 0 saturated carbocycles. The van der Waals surface area contributed by atoms with Crippen molar-refractivity contribution in [1.82, 2.24) is 5.32 Å². The molecule has 0 aliphatic rings.